The predicted molar refractivity (Wildman–Crippen MR) is 119 cm³/mol. The topological polar surface area (TPSA) is 88.6 Å². The first kappa shape index (κ1) is 21.1. The summed E-state index contributed by atoms with van der Waals surface area (Å²) in [5.41, 5.74) is 1.26. The first-order chi connectivity index (χ1) is 14.9. The number of fused-ring (bicyclic) bond motifs is 1. The van der Waals surface area contributed by atoms with Crippen LogP contribution >= 0.6 is 11.6 Å². The molecule has 2 N–H and O–H groups in total. The molecule has 7 nitrogen and oxygen atoms in total. The average molecular weight is 439 g/mol. The van der Waals surface area contributed by atoms with Gasteiger partial charge in [0.2, 0.25) is 0 Å². The van der Waals surface area contributed by atoms with Crippen LogP contribution in [-0.4, -0.2) is 22.9 Å². The number of nitrogens with one attached hydrogen (secondary N) is 2. The lowest BCUT2D eigenvalue weighted by molar-refractivity contribution is -0.383. The molecule has 2 aromatic rings. The highest BCUT2D eigenvalue weighted by Crippen LogP contribution is 2.60. The van der Waals surface area contributed by atoms with Gasteiger partial charge in [-0.1, -0.05) is 24.6 Å². The molecule has 5 atom stereocenters. The first-order valence-corrected chi connectivity index (χ1v) is 10.8. The zero-order valence-corrected chi connectivity index (χ0v) is 17.8. The number of nitrogens with zero attached hydrogens (tertiary/aromatic N) is 2. The molecule has 0 radical (unpaired) electrons. The van der Waals surface area contributed by atoms with Gasteiger partial charge in [0.1, 0.15) is 5.69 Å². The van der Waals surface area contributed by atoms with Gasteiger partial charge in [0.15, 0.2) is 5.69 Å². The Morgan fingerprint density at radius 3 is 2.52 bits per heavy atom. The van der Waals surface area contributed by atoms with Gasteiger partial charge < -0.3 is 10.6 Å². The number of nitro benzene ring substituents is 1. The fourth-order valence-corrected chi connectivity index (χ4v) is 5.14. The number of carbonyl (C=O) groups excluding carboxylic acids is 1. The highest BCUT2D eigenvalue weighted by molar-refractivity contribution is 6.30. The van der Waals surface area contributed by atoms with Crippen LogP contribution in [0.1, 0.15) is 36.5 Å². The third kappa shape index (κ3) is 4.35. The maximum absolute atomic E-state index is 12.6. The van der Waals surface area contributed by atoms with Gasteiger partial charge in [-0.05, 0) is 67.3 Å². The van der Waals surface area contributed by atoms with E-state index in [0.717, 1.165) is 19.3 Å². The van der Waals surface area contributed by atoms with Crippen LogP contribution < -0.4 is 10.6 Å². The average Bonchev–Trinajstić information content (AvgIpc) is 3.25. The normalized spacial score (nSPS) is 24.5. The molecule has 31 heavy (non-hydrogen) atoms. The molecule has 4 rings (SSSR count). The second kappa shape index (κ2) is 8.56. The largest absolute Gasteiger partial charge is 0.377 e. The molecule has 2 saturated carbocycles. The van der Waals surface area contributed by atoms with Gasteiger partial charge in [0.25, 0.3) is 11.6 Å². The summed E-state index contributed by atoms with van der Waals surface area (Å²) in [6.07, 6.45) is 2.70. The van der Waals surface area contributed by atoms with Crippen molar-refractivity contribution in [3.05, 3.63) is 74.6 Å². The Morgan fingerprint density at radius 1 is 1.26 bits per heavy atom. The van der Waals surface area contributed by atoms with Crippen molar-refractivity contribution in [1.29, 1.82) is 0 Å². The smallest absolute Gasteiger partial charge is 0.282 e. The molecule has 1 amide bonds. The maximum Gasteiger partial charge on any atom is 0.282 e. The molecule has 160 valence electrons. The van der Waals surface area contributed by atoms with Gasteiger partial charge in [-0.3, -0.25) is 14.9 Å². The lowest BCUT2D eigenvalue weighted by Crippen LogP contribution is -2.38. The van der Waals surface area contributed by atoms with E-state index in [1.165, 1.54) is 6.07 Å². The lowest BCUT2D eigenvalue weighted by atomic mass is 9.98. The van der Waals surface area contributed by atoms with E-state index < -0.39 is 4.92 Å². The van der Waals surface area contributed by atoms with E-state index in [1.807, 2.05) is 0 Å². The zero-order chi connectivity index (χ0) is 22.1. The van der Waals surface area contributed by atoms with Crippen molar-refractivity contribution in [3.63, 3.8) is 0 Å². The van der Waals surface area contributed by atoms with Gasteiger partial charge in [0.05, 0.1) is 11.5 Å². The van der Waals surface area contributed by atoms with Gasteiger partial charge in [0, 0.05) is 28.7 Å². The summed E-state index contributed by atoms with van der Waals surface area (Å²) in [6, 6.07) is 11.7. The van der Waals surface area contributed by atoms with Crippen LogP contribution in [0.3, 0.4) is 0 Å². The second-order valence-corrected chi connectivity index (χ2v) is 8.72. The summed E-state index contributed by atoms with van der Waals surface area (Å²) in [7, 11) is 0. The Morgan fingerprint density at radius 2 is 1.94 bits per heavy atom. The van der Waals surface area contributed by atoms with Crippen LogP contribution in [0, 0.1) is 34.4 Å². The number of amides is 1. The number of rotatable bonds is 7. The summed E-state index contributed by atoms with van der Waals surface area (Å²) in [4.78, 5) is 26.8. The molecule has 3 unspecified atom stereocenters. The molecular weight excluding hydrogens is 416 g/mol. The van der Waals surface area contributed by atoms with Crippen LogP contribution in [0.5, 0.6) is 0 Å². The SMILES string of the molecule is [C-]#[N+]c1ccc(NC2C[C@@H]3C(C(CC)NC(=O)c4ccc(Cl)cc4)[C@@H]3C2)c([N+](=O)[O-])c1. The van der Waals surface area contributed by atoms with Gasteiger partial charge >= 0.3 is 0 Å². The van der Waals surface area contributed by atoms with Crippen LogP contribution in [-0.2, 0) is 0 Å². The van der Waals surface area contributed by atoms with Crippen molar-refractivity contribution in [1.82, 2.24) is 5.32 Å². The number of carbonyl (C=O) groups is 1. The number of benzene rings is 2. The number of anilines is 1. The van der Waals surface area contributed by atoms with Crippen molar-refractivity contribution in [3.8, 4) is 0 Å². The molecule has 8 heteroatoms. The Kier molecular flexibility index (Phi) is 5.84. The van der Waals surface area contributed by atoms with Gasteiger partial charge in [-0.25, -0.2) is 4.85 Å². The zero-order valence-electron chi connectivity index (χ0n) is 17.0. The minimum atomic E-state index is -0.449. The summed E-state index contributed by atoms with van der Waals surface area (Å²) in [5, 5.41) is 18.5. The predicted octanol–water partition coefficient (Wildman–Crippen LogP) is 5.44. The number of hydrogen-bond acceptors (Lipinski definition) is 4. The fraction of sp³-hybridized carbons (Fsp3) is 0.391. The molecule has 0 spiro atoms. The van der Waals surface area contributed by atoms with E-state index >= 15 is 0 Å². The fourth-order valence-electron chi connectivity index (χ4n) is 5.01. The Balaban J connectivity index is 1.35. The molecule has 0 saturated heterocycles. The van der Waals surface area contributed by atoms with Gasteiger partial charge in [-0.15, -0.1) is 0 Å². The monoisotopic (exact) mass is 438 g/mol. The highest BCUT2D eigenvalue weighted by atomic mass is 35.5. The summed E-state index contributed by atoms with van der Waals surface area (Å²) >= 11 is 5.90. The highest BCUT2D eigenvalue weighted by Gasteiger charge is 2.58. The summed E-state index contributed by atoms with van der Waals surface area (Å²) in [5.74, 6) is 1.38. The van der Waals surface area contributed by atoms with E-state index in [-0.39, 0.29) is 29.4 Å². The molecule has 2 aliphatic rings. The number of halogens is 1. The van der Waals surface area contributed by atoms with Crippen molar-refractivity contribution in [2.24, 2.45) is 17.8 Å². The minimum Gasteiger partial charge on any atom is -0.377 e. The molecule has 0 heterocycles. The first-order valence-electron chi connectivity index (χ1n) is 10.4. The minimum absolute atomic E-state index is 0.0627. The third-order valence-electron chi connectivity index (χ3n) is 6.51. The third-order valence-corrected chi connectivity index (χ3v) is 6.76. The summed E-state index contributed by atoms with van der Waals surface area (Å²) < 4.78 is 0. The van der Waals surface area contributed by atoms with Crippen molar-refractivity contribution < 1.29 is 9.72 Å². The standard InChI is InChI=1S/C23H23ClN4O3/c1-3-19(27-23(29)13-4-6-14(24)7-5-13)22-17-10-16(11-18(17)22)26-20-9-8-15(25-2)12-21(20)28(30)31/h4-9,12,16-19,22,26H,3,10-11H2,1H3,(H,27,29)/t16?,17-,18+,19?,22?. The van der Waals surface area contributed by atoms with E-state index in [9.17, 15) is 14.9 Å². The van der Waals surface area contributed by atoms with Crippen molar-refractivity contribution >= 4 is 34.6 Å². The molecule has 0 bridgehead atoms. The lowest BCUT2D eigenvalue weighted by Gasteiger charge is -2.22. The van der Waals surface area contributed by atoms with Crippen LogP contribution in [0.4, 0.5) is 17.1 Å². The molecule has 2 aliphatic carbocycles. The Bertz CT molecular complexity index is 1040. The summed E-state index contributed by atoms with van der Waals surface area (Å²) in [6.45, 7) is 9.13. The van der Waals surface area contributed by atoms with E-state index in [4.69, 9.17) is 18.2 Å². The van der Waals surface area contributed by atoms with Crippen molar-refractivity contribution in [2.45, 2.75) is 38.3 Å². The van der Waals surface area contributed by atoms with Crippen LogP contribution in [0.15, 0.2) is 42.5 Å². The second-order valence-electron chi connectivity index (χ2n) is 8.28. The molecule has 0 aliphatic heterocycles. The molecular formula is C23H23ClN4O3. The quantitative estimate of drug-likeness (QED) is 0.342. The van der Waals surface area contributed by atoms with E-state index in [1.54, 1.807) is 36.4 Å². The van der Waals surface area contributed by atoms with E-state index in [0.29, 0.717) is 34.0 Å². The number of nitro groups is 1. The van der Waals surface area contributed by atoms with Gasteiger partial charge in [-0.2, -0.15) is 0 Å². The van der Waals surface area contributed by atoms with Crippen molar-refractivity contribution in [2.75, 3.05) is 5.32 Å². The van der Waals surface area contributed by atoms with Crippen LogP contribution in [0.2, 0.25) is 5.02 Å². The van der Waals surface area contributed by atoms with E-state index in [2.05, 4.69) is 22.4 Å². The van der Waals surface area contributed by atoms with Crippen LogP contribution in [0.25, 0.3) is 4.85 Å². The Labute approximate surface area is 185 Å². The Hall–Kier alpha value is -3.11. The number of hydrogen-bond donors (Lipinski definition) is 2. The maximum atomic E-state index is 12.6. The molecule has 2 fully saturated rings. The molecule has 0 aromatic heterocycles. The molecule has 2 aromatic carbocycles.